The first-order chi connectivity index (χ1) is 20.0. The molecular weight excluding hydrogens is 560 g/mol. The summed E-state index contributed by atoms with van der Waals surface area (Å²) >= 11 is 0. The average molecular weight is 587 g/mol. The summed E-state index contributed by atoms with van der Waals surface area (Å²) < 4.78 is 30.1. The molecule has 214 valence electrons. The van der Waals surface area contributed by atoms with E-state index < -0.39 is 27.1 Å². The van der Waals surface area contributed by atoms with Crippen LogP contribution in [-0.4, -0.2) is 61.4 Å². The van der Waals surface area contributed by atoms with Gasteiger partial charge in [0, 0.05) is 41.0 Å². The van der Waals surface area contributed by atoms with Crippen LogP contribution in [0.4, 0.5) is 5.95 Å². The Bertz CT molecular complexity index is 1790. The van der Waals surface area contributed by atoms with E-state index in [2.05, 4.69) is 46.8 Å². The molecule has 0 fully saturated rings. The zero-order valence-electron chi connectivity index (χ0n) is 22.9. The first kappa shape index (κ1) is 28.5. The van der Waals surface area contributed by atoms with Gasteiger partial charge in [0.15, 0.2) is 0 Å². The van der Waals surface area contributed by atoms with Crippen LogP contribution in [0.2, 0.25) is 0 Å². The maximum absolute atomic E-state index is 13.6. The fourth-order valence-corrected chi connectivity index (χ4v) is 5.99. The summed E-state index contributed by atoms with van der Waals surface area (Å²) in [6.45, 7) is 5.20. The highest BCUT2D eigenvalue weighted by Gasteiger charge is 2.48. The second-order valence-electron chi connectivity index (χ2n) is 10.6. The Hall–Kier alpha value is -5.07. The molecule has 0 bridgehead atoms. The highest BCUT2D eigenvalue weighted by atomic mass is 32.2. The summed E-state index contributed by atoms with van der Waals surface area (Å²) in [6, 6.07) is 15.4. The number of anilines is 1. The second-order valence-corrected chi connectivity index (χ2v) is 12.3. The Labute approximate surface area is 241 Å². The lowest BCUT2D eigenvalue weighted by Crippen LogP contribution is -2.47. The number of aromatic nitrogens is 6. The monoisotopic (exact) mass is 586 g/mol. The Morgan fingerprint density at radius 3 is 2.57 bits per heavy atom. The molecule has 2 N–H and O–H groups in total. The highest BCUT2D eigenvalue weighted by molar-refractivity contribution is 7.89. The molecule has 0 aliphatic carbocycles. The van der Waals surface area contributed by atoms with E-state index in [4.69, 9.17) is 4.84 Å². The lowest BCUT2D eigenvalue weighted by Gasteiger charge is -2.24. The first-order valence-electron chi connectivity index (χ1n) is 12.7. The van der Waals surface area contributed by atoms with Crippen molar-refractivity contribution >= 4 is 27.6 Å². The van der Waals surface area contributed by atoms with Crippen molar-refractivity contribution < 1.29 is 18.0 Å². The number of nitrogens with one attached hydrogen (secondary N) is 2. The molecule has 1 aliphatic rings. The smallest absolute Gasteiger partial charge is 0.276 e. The fraction of sp³-hybridized carbons (Fsp3) is 0.259. The Morgan fingerprint density at radius 1 is 1.12 bits per heavy atom. The van der Waals surface area contributed by atoms with E-state index in [0.29, 0.717) is 28.0 Å². The van der Waals surface area contributed by atoms with Gasteiger partial charge in [-0.2, -0.15) is 5.26 Å². The zero-order chi connectivity index (χ0) is 30.0. The number of oxime groups is 1. The number of tetrazole rings is 1. The predicted molar refractivity (Wildman–Crippen MR) is 150 cm³/mol. The molecule has 0 radical (unpaired) electrons. The number of rotatable bonds is 8. The second kappa shape index (κ2) is 11.1. The van der Waals surface area contributed by atoms with Crippen molar-refractivity contribution in [3.63, 3.8) is 0 Å². The van der Waals surface area contributed by atoms with Crippen molar-refractivity contribution in [1.82, 2.24) is 34.9 Å². The van der Waals surface area contributed by atoms with Crippen LogP contribution >= 0.6 is 0 Å². The lowest BCUT2D eigenvalue weighted by atomic mass is 9.92. The third-order valence-electron chi connectivity index (χ3n) is 6.14. The van der Waals surface area contributed by atoms with Crippen LogP contribution in [-0.2, 0) is 26.2 Å². The minimum Gasteiger partial charge on any atom is -0.376 e. The van der Waals surface area contributed by atoms with Crippen LogP contribution in [0.15, 0.2) is 77.3 Å². The molecule has 2 aromatic heterocycles. The lowest BCUT2D eigenvalue weighted by molar-refractivity contribution is -0.140. The topological polar surface area (TPSA) is 190 Å². The van der Waals surface area contributed by atoms with E-state index in [1.807, 2.05) is 0 Å². The normalized spacial score (nSPS) is 16.8. The van der Waals surface area contributed by atoms with Gasteiger partial charge in [-0.1, -0.05) is 35.5 Å². The third-order valence-corrected chi connectivity index (χ3v) is 7.95. The van der Waals surface area contributed by atoms with E-state index >= 15 is 0 Å². The zero-order valence-corrected chi connectivity index (χ0v) is 23.7. The molecule has 2 aromatic carbocycles. The van der Waals surface area contributed by atoms with E-state index in [9.17, 15) is 18.5 Å². The van der Waals surface area contributed by atoms with E-state index in [-0.39, 0.29) is 23.8 Å². The number of amides is 1. The van der Waals surface area contributed by atoms with Gasteiger partial charge in [0.25, 0.3) is 5.91 Å². The van der Waals surface area contributed by atoms with Gasteiger partial charge in [-0.25, -0.2) is 27.8 Å². The van der Waals surface area contributed by atoms with Crippen LogP contribution in [0.25, 0.3) is 11.1 Å². The van der Waals surface area contributed by atoms with E-state index in [1.54, 1.807) is 63.2 Å². The summed E-state index contributed by atoms with van der Waals surface area (Å²) in [5.74, 6) is -0.630. The molecular formula is C27H26N10O4S. The molecule has 0 saturated heterocycles. The first-order valence-corrected chi connectivity index (χ1v) is 14.2. The summed E-state index contributed by atoms with van der Waals surface area (Å²) in [5, 5.41) is 27.2. The minimum absolute atomic E-state index is 0.0310. The van der Waals surface area contributed by atoms with Crippen LogP contribution in [0.1, 0.15) is 38.3 Å². The average Bonchev–Trinajstić information content (AvgIpc) is 3.63. The van der Waals surface area contributed by atoms with Crippen LogP contribution in [0.3, 0.4) is 0 Å². The number of sulfonamides is 1. The van der Waals surface area contributed by atoms with Gasteiger partial charge in [-0.05, 0) is 49.4 Å². The third kappa shape index (κ3) is 6.14. The van der Waals surface area contributed by atoms with Crippen molar-refractivity contribution in [1.29, 1.82) is 5.26 Å². The van der Waals surface area contributed by atoms with Gasteiger partial charge >= 0.3 is 0 Å². The molecule has 1 amide bonds. The Morgan fingerprint density at radius 2 is 1.88 bits per heavy atom. The van der Waals surface area contributed by atoms with Crippen LogP contribution in [0.5, 0.6) is 0 Å². The van der Waals surface area contributed by atoms with Gasteiger partial charge in [-0.3, -0.25) is 10.1 Å². The maximum atomic E-state index is 13.6. The molecule has 1 atom stereocenters. The largest absolute Gasteiger partial charge is 0.376 e. The predicted octanol–water partition coefficient (Wildman–Crippen LogP) is 2.28. The molecule has 3 heterocycles. The Kier molecular flexibility index (Phi) is 7.50. The number of nitriles is 1. The molecule has 15 heteroatoms. The van der Waals surface area contributed by atoms with Crippen LogP contribution < -0.4 is 10.0 Å². The SMILES string of the molecule is CC(C)(C)NS(=O)(=O)c1ccccc1-c1cnc(NC(=O)C2(Cn3cnnn3)CC(c3cccc(C#N)c3)=NO2)nc1. The molecule has 1 aliphatic heterocycles. The molecule has 42 heavy (non-hydrogen) atoms. The van der Waals surface area contributed by atoms with Crippen molar-refractivity contribution in [2.75, 3.05) is 5.32 Å². The standard InChI is InChI=1S/C27H26N10O4S/c1-26(2,3)34-42(39,40)23-10-5-4-9-21(23)20-14-29-25(30-15-20)32-24(38)27(16-37-17-31-35-36-37)12-22(33-41-27)19-8-6-7-18(11-19)13-28/h4-11,14-15,17,34H,12,16H2,1-3H3,(H,29,30,32,38). The van der Waals surface area contributed by atoms with E-state index in [0.717, 1.165) is 0 Å². The summed E-state index contributed by atoms with van der Waals surface area (Å²) in [6.07, 6.45) is 4.25. The van der Waals surface area contributed by atoms with Gasteiger partial charge in [-0.15, -0.1) is 5.10 Å². The molecule has 4 aromatic rings. The molecule has 5 rings (SSSR count). The van der Waals surface area contributed by atoms with Gasteiger partial charge in [0.05, 0.1) is 28.8 Å². The highest BCUT2D eigenvalue weighted by Crippen LogP contribution is 2.31. The van der Waals surface area contributed by atoms with Crippen molar-refractivity contribution in [3.8, 4) is 17.2 Å². The van der Waals surface area contributed by atoms with Gasteiger partial charge < -0.3 is 4.84 Å². The molecule has 0 saturated carbocycles. The number of nitrogens with zero attached hydrogens (tertiary/aromatic N) is 8. The van der Waals surface area contributed by atoms with Gasteiger partial charge in [0.2, 0.25) is 21.6 Å². The van der Waals surface area contributed by atoms with Crippen molar-refractivity contribution in [2.24, 2.45) is 5.16 Å². The maximum Gasteiger partial charge on any atom is 0.276 e. The summed E-state index contributed by atoms with van der Waals surface area (Å²) in [7, 11) is -3.84. The van der Waals surface area contributed by atoms with E-state index in [1.165, 1.54) is 29.5 Å². The summed E-state index contributed by atoms with van der Waals surface area (Å²) in [4.78, 5) is 27.9. The van der Waals surface area contributed by atoms with Crippen molar-refractivity contribution in [2.45, 2.75) is 49.8 Å². The fourth-order valence-electron chi connectivity index (χ4n) is 4.34. The number of carbonyl (C=O) groups excluding carboxylic acids is 1. The number of carbonyl (C=O) groups is 1. The molecule has 1 unspecified atom stereocenters. The Balaban J connectivity index is 1.39. The van der Waals surface area contributed by atoms with Crippen LogP contribution in [0, 0.1) is 11.3 Å². The number of benzene rings is 2. The van der Waals surface area contributed by atoms with Gasteiger partial charge in [0.1, 0.15) is 6.33 Å². The van der Waals surface area contributed by atoms with Crippen molar-refractivity contribution in [3.05, 3.63) is 78.4 Å². The number of hydrogen-bond acceptors (Lipinski definition) is 11. The quantitative estimate of drug-likeness (QED) is 0.310. The number of hydrogen-bond donors (Lipinski definition) is 2. The molecule has 0 spiro atoms. The minimum atomic E-state index is -3.84. The summed E-state index contributed by atoms with van der Waals surface area (Å²) in [5.41, 5.74) is 0.150. The molecule has 14 nitrogen and oxygen atoms in total.